The van der Waals surface area contributed by atoms with E-state index in [0.29, 0.717) is 6.61 Å². The first-order valence-electron chi connectivity index (χ1n) is 4.04. The standard InChI is InChI=1S/C8H19NO2/c1-4-8(2,3)11-6-7(10)5-9/h7,10H,4-6,9H2,1-3H3. The molecule has 0 aromatic rings. The molecule has 0 heterocycles. The van der Waals surface area contributed by atoms with E-state index in [1.54, 1.807) is 0 Å². The molecule has 0 amide bonds. The minimum Gasteiger partial charge on any atom is -0.389 e. The predicted octanol–water partition coefficient (Wildman–Crippen LogP) is 0.511. The van der Waals surface area contributed by atoms with Crippen molar-refractivity contribution < 1.29 is 9.84 Å². The van der Waals surface area contributed by atoms with Gasteiger partial charge >= 0.3 is 0 Å². The van der Waals surface area contributed by atoms with Crippen LogP contribution in [-0.4, -0.2) is 30.0 Å². The maximum absolute atomic E-state index is 9.07. The molecule has 0 aliphatic heterocycles. The smallest absolute Gasteiger partial charge is 0.0895 e. The second-order valence-electron chi connectivity index (χ2n) is 3.31. The Morgan fingerprint density at radius 2 is 2.09 bits per heavy atom. The first kappa shape index (κ1) is 10.9. The first-order valence-corrected chi connectivity index (χ1v) is 4.04. The summed E-state index contributed by atoms with van der Waals surface area (Å²) in [6.45, 7) is 6.64. The van der Waals surface area contributed by atoms with Gasteiger partial charge in [0.2, 0.25) is 0 Å². The molecule has 0 aliphatic carbocycles. The Hall–Kier alpha value is -0.120. The lowest BCUT2D eigenvalue weighted by Crippen LogP contribution is -2.32. The van der Waals surface area contributed by atoms with Gasteiger partial charge in [-0.1, -0.05) is 6.92 Å². The van der Waals surface area contributed by atoms with E-state index in [4.69, 9.17) is 15.6 Å². The minimum atomic E-state index is -0.527. The van der Waals surface area contributed by atoms with Crippen molar-refractivity contribution in [2.75, 3.05) is 13.2 Å². The highest BCUT2D eigenvalue weighted by molar-refractivity contribution is 4.66. The van der Waals surface area contributed by atoms with Gasteiger partial charge in [0.25, 0.3) is 0 Å². The largest absolute Gasteiger partial charge is 0.389 e. The molecule has 68 valence electrons. The summed E-state index contributed by atoms with van der Waals surface area (Å²) in [5.74, 6) is 0. The highest BCUT2D eigenvalue weighted by Gasteiger charge is 2.16. The molecule has 1 atom stereocenters. The van der Waals surface area contributed by atoms with E-state index in [0.717, 1.165) is 6.42 Å². The normalized spacial score (nSPS) is 15.0. The van der Waals surface area contributed by atoms with Crippen LogP contribution in [0.1, 0.15) is 27.2 Å². The Balaban J connectivity index is 3.52. The van der Waals surface area contributed by atoms with Crippen molar-refractivity contribution in [2.24, 2.45) is 5.73 Å². The molecule has 0 rings (SSSR count). The van der Waals surface area contributed by atoms with Gasteiger partial charge in [-0.15, -0.1) is 0 Å². The quantitative estimate of drug-likeness (QED) is 0.617. The van der Waals surface area contributed by atoms with Crippen molar-refractivity contribution in [2.45, 2.75) is 38.9 Å². The maximum atomic E-state index is 9.07. The number of rotatable bonds is 5. The molecule has 0 radical (unpaired) electrons. The average Bonchev–Trinajstić information content (AvgIpc) is 2.00. The zero-order chi connectivity index (χ0) is 8.91. The molecule has 0 bridgehead atoms. The average molecular weight is 161 g/mol. The monoisotopic (exact) mass is 161 g/mol. The lowest BCUT2D eigenvalue weighted by atomic mass is 10.1. The van der Waals surface area contributed by atoms with Crippen LogP contribution >= 0.6 is 0 Å². The van der Waals surface area contributed by atoms with Gasteiger partial charge in [-0.3, -0.25) is 0 Å². The van der Waals surface area contributed by atoms with Gasteiger partial charge in [0, 0.05) is 6.54 Å². The second kappa shape index (κ2) is 4.70. The third-order valence-electron chi connectivity index (χ3n) is 1.79. The molecule has 11 heavy (non-hydrogen) atoms. The van der Waals surface area contributed by atoms with E-state index in [9.17, 15) is 0 Å². The van der Waals surface area contributed by atoms with Crippen LogP contribution in [0.5, 0.6) is 0 Å². The van der Waals surface area contributed by atoms with Crippen molar-refractivity contribution in [3.63, 3.8) is 0 Å². The minimum absolute atomic E-state index is 0.143. The lowest BCUT2D eigenvalue weighted by molar-refractivity contribution is -0.0584. The van der Waals surface area contributed by atoms with E-state index in [1.807, 2.05) is 13.8 Å². The zero-order valence-corrected chi connectivity index (χ0v) is 7.63. The summed E-state index contributed by atoms with van der Waals surface area (Å²) in [6, 6.07) is 0. The van der Waals surface area contributed by atoms with Crippen molar-refractivity contribution in [1.82, 2.24) is 0 Å². The van der Waals surface area contributed by atoms with Crippen molar-refractivity contribution in [3.05, 3.63) is 0 Å². The van der Waals surface area contributed by atoms with Gasteiger partial charge in [-0.05, 0) is 20.3 Å². The van der Waals surface area contributed by atoms with Crippen LogP contribution in [-0.2, 0) is 4.74 Å². The number of aliphatic hydroxyl groups excluding tert-OH is 1. The summed E-state index contributed by atoms with van der Waals surface area (Å²) in [5.41, 5.74) is 5.07. The van der Waals surface area contributed by atoms with Gasteiger partial charge in [0.1, 0.15) is 0 Å². The molecule has 0 saturated heterocycles. The number of ether oxygens (including phenoxy) is 1. The second-order valence-corrected chi connectivity index (χ2v) is 3.31. The van der Waals surface area contributed by atoms with Crippen molar-refractivity contribution >= 4 is 0 Å². The van der Waals surface area contributed by atoms with Crippen molar-refractivity contribution in [3.8, 4) is 0 Å². The topological polar surface area (TPSA) is 55.5 Å². The Labute approximate surface area is 68.5 Å². The fourth-order valence-electron chi connectivity index (χ4n) is 0.492. The molecule has 3 N–H and O–H groups in total. The lowest BCUT2D eigenvalue weighted by Gasteiger charge is -2.24. The highest BCUT2D eigenvalue weighted by Crippen LogP contribution is 2.13. The SMILES string of the molecule is CCC(C)(C)OCC(O)CN. The molecule has 0 spiro atoms. The molecule has 1 unspecified atom stereocenters. The predicted molar refractivity (Wildman–Crippen MR) is 45.4 cm³/mol. The van der Waals surface area contributed by atoms with E-state index in [2.05, 4.69) is 6.92 Å². The van der Waals surface area contributed by atoms with Crippen LogP contribution in [0.25, 0.3) is 0 Å². The van der Waals surface area contributed by atoms with Gasteiger partial charge in [-0.25, -0.2) is 0 Å². The molecule has 0 aliphatic rings. The third-order valence-corrected chi connectivity index (χ3v) is 1.79. The van der Waals surface area contributed by atoms with Crippen LogP contribution in [0.4, 0.5) is 0 Å². The molecule has 0 aromatic carbocycles. The van der Waals surface area contributed by atoms with Gasteiger partial charge in [0.05, 0.1) is 18.3 Å². The molecule has 0 fully saturated rings. The number of aliphatic hydroxyl groups is 1. The summed E-state index contributed by atoms with van der Waals surface area (Å²) in [6.07, 6.45) is 0.408. The molecular formula is C8H19NO2. The summed E-state index contributed by atoms with van der Waals surface area (Å²) >= 11 is 0. The van der Waals surface area contributed by atoms with E-state index < -0.39 is 6.10 Å². The van der Waals surface area contributed by atoms with Crippen LogP contribution in [0.15, 0.2) is 0 Å². The Morgan fingerprint density at radius 3 is 2.45 bits per heavy atom. The maximum Gasteiger partial charge on any atom is 0.0895 e. The molecule has 3 heteroatoms. The summed E-state index contributed by atoms with van der Waals surface area (Å²) < 4.78 is 5.40. The Kier molecular flexibility index (Phi) is 4.65. The number of hydrogen-bond donors (Lipinski definition) is 2. The van der Waals surface area contributed by atoms with E-state index in [1.165, 1.54) is 0 Å². The zero-order valence-electron chi connectivity index (χ0n) is 7.63. The van der Waals surface area contributed by atoms with Crippen LogP contribution in [0, 0.1) is 0 Å². The number of hydrogen-bond acceptors (Lipinski definition) is 3. The van der Waals surface area contributed by atoms with Gasteiger partial charge in [0.15, 0.2) is 0 Å². The van der Waals surface area contributed by atoms with Crippen LogP contribution in [0.2, 0.25) is 0 Å². The summed E-state index contributed by atoms with van der Waals surface area (Å²) in [5, 5.41) is 9.07. The molecule has 3 nitrogen and oxygen atoms in total. The Morgan fingerprint density at radius 1 is 1.55 bits per heavy atom. The van der Waals surface area contributed by atoms with Crippen LogP contribution < -0.4 is 5.73 Å². The van der Waals surface area contributed by atoms with Crippen LogP contribution in [0.3, 0.4) is 0 Å². The third kappa shape index (κ3) is 5.18. The highest BCUT2D eigenvalue weighted by atomic mass is 16.5. The molecule has 0 aromatic heterocycles. The summed E-state index contributed by atoms with van der Waals surface area (Å²) in [4.78, 5) is 0. The number of nitrogens with two attached hydrogens (primary N) is 1. The van der Waals surface area contributed by atoms with E-state index in [-0.39, 0.29) is 12.1 Å². The van der Waals surface area contributed by atoms with E-state index >= 15 is 0 Å². The Bertz CT molecular complexity index is 104. The summed E-state index contributed by atoms with van der Waals surface area (Å²) in [7, 11) is 0. The fourth-order valence-corrected chi connectivity index (χ4v) is 0.492. The van der Waals surface area contributed by atoms with Gasteiger partial charge < -0.3 is 15.6 Å². The first-order chi connectivity index (χ1) is 5.02. The van der Waals surface area contributed by atoms with Gasteiger partial charge in [-0.2, -0.15) is 0 Å². The van der Waals surface area contributed by atoms with Crippen molar-refractivity contribution in [1.29, 1.82) is 0 Å². The fraction of sp³-hybridized carbons (Fsp3) is 1.00. The molecular weight excluding hydrogens is 142 g/mol. The molecule has 0 saturated carbocycles.